The summed E-state index contributed by atoms with van der Waals surface area (Å²) in [5.41, 5.74) is 8.24. The summed E-state index contributed by atoms with van der Waals surface area (Å²) in [5, 5.41) is 0.655. The first-order valence-electron chi connectivity index (χ1n) is 11.5. The largest absolute Gasteiger partial charge is 0.465 e. The summed E-state index contributed by atoms with van der Waals surface area (Å²) >= 11 is 6.28. The van der Waals surface area contributed by atoms with Gasteiger partial charge in [0.25, 0.3) is 5.91 Å². The molecule has 2 heterocycles. The van der Waals surface area contributed by atoms with Crippen LogP contribution in [-0.2, 0) is 20.9 Å². The van der Waals surface area contributed by atoms with E-state index in [1.807, 2.05) is 76.2 Å². The average Bonchev–Trinajstić information content (AvgIpc) is 3.23. The zero-order chi connectivity index (χ0) is 25.4. The van der Waals surface area contributed by atoms with Crippen LogP contribution in [-0.4, -0.2) is 28.5 Å². The van der Waals surface area contributed by atoms with Crippen molar-refractivity contribution in [3.05, 3.63) is 104 Å². The molecule has 1 aliphatic heterocycles. The lowest BCUT2D eigenvalue weighted by molar-refractivity contribution is -0.136. The van der Waals surface area contributed by atoms with E-state index >= 15 is 0 Å². The second-order valence-electron chi connectivity index (χ2n) is 8.98. The number of esters is 1. The van der Waals surface area contributed by atoms with Crippen LogP contribution in [0, 0.1) is 27.7 Å². The van der Waals surface area contributed by atoms with Crippen LogP contribution >= 0.6 is 11.6 Å². The Morgan fingerprint density at radius 3 is 2.34 bits per heavy atom. The third-order valence-corrected chi connectivity index (χ3v) is 6.78. The number of halogens is 1. The van der Waals surface area contributed by atoms with E-state index in [-0.39, 0.29) is 5.91 Å². The number of hydrogen-bond acceptors (Lipinski definition) is 3. The monoisotopic (exact) mass is 488 g/mol. The maximum Gasteiger partial charge on any atom is 0.340 e. The van der Waals surface area contributed by atoms with Crippen molar-refractivity contribution in [1.82, 2.24) is 9.47 Å². The molecule has 0 aliphatic carbocycles. The van der Waals surface area contributed by atoms with Gasteiger partial charge in [0.2, 0.25) is 0 Å². The molecule has 1 aromatic heterocycles. The molecule has 1 amide bonds. The van der Waals surface area contributed by atoms with E-state index < -0.39 is 5.97 Å². The first-order chi connectivity index (χ1) is 16.6. The standard InChI is InChI=1S/C29H29ClN2O3/c1-17-7-10-22(11-8-17)16-31-21(5)27(29(34)35-6)25(28(31)33)14-23-13-19(3)32(20(23)4)26-15-24(30)12-9-18(26)2/h7-15H,16H2,1-6H3/b25-14-. The lowest BCUT2D eigenvalue weighted by Crippen LogP contribution is -2.24. The molecule has 0 saturated heterocycles. The fraction of sp³-hybridized carbons (Fsp3) is 0.241. The molecule has 5 nitrogen and oxygen atoms in total. The number of nitrogens with zero attached hydrogens (tertiary/aromatic N) is 2. The number of hydrogen-bond donors (Lipinski definition) is 0. The van der Waals surface area contributed by atoms with E-state index in [1.54, 1.807) is 17.9 Å². The Morgan fingerprint density at radius 2 is 1.69 bits per heavy atom. The Bertz CT molecular complexity index is 1390. The van der Waals surface area contributed by atoms with Crippen LogP contribution < -0.4 is 0 Å². The van der Waals surface area contributed by atoms with Gasteiger partial charge < -0.3 is 14.2 Å². The van der Waals surface area contributed by atoms with Crippen molar-refractivity contribution < 1.29 is 14.3 Å². The quantitative estimate of drug-likeness (QED) is 0.315. The number of carbonyl (C=O) groups excluding carboxylic acids is 2. The van der Waals surface area contributed by atoms with Gasteiger partial charge in [-0.1, -0.05) is 47.5 Å². The minimum absolute atomic E-state index is 0.216. The number of aromatic nitrogens is 1. The third-order valence-electron chi connectivity index (χ3n) is 6.54. The van der Waals surface area contributed by atoms with Gasteiger partial charge in [0, 0.05) is 27.8 Å². The molecule has 0 bridgehead atoms. The Hall–Kier alpha value is -3.57. The molecule has 2 aromatic carbocycles. The molecule has 0 spiro atoms. The van der Waals surface area contributed by atoms with E-state index in [9.17, 15) is 9.59 Å². The Balaban J connectivity index is 1.79. The molecule has 3 aromatic rings. The van der Waals surface area contributed by atoms with Gasteiger partial charge in [0.05, 0.1) is 24.8 Å². The molecule has 0 unspecified atom stereocenters. The molecule has 180 valence electrons. The van der Waals surface area contributed by atoms with E-state index in [1.165, 1.54) is 7.11 Å². The van der Waals surface area contributed by atoms with E-state index in [0.29, 0.717) is 28.4 Å². The summed E-state index contributed by atoms with van der Waals surface area (Å²) in [4.78, 5) is 28.0. The van der Waals surface area contributed by atoms with Crippen LogP contribution in [0.5, 0.6) is 0 Å². The second kappa shape index (κ2) is 9.59. The molecule has 0 radical (unpaired) electrons. The van der Waals surface area contributed by atoms with Crippen molar-refractivity contribution in [2.75, 3.05) is 7.11 Å². The number of ether oxygens (including phenoxy) is 1. The average molecular weight is 489 g/mol. The first-order valence-corrected chi connectivity index (χ1v) is 11.8. The van der Waals surface area contributed by atoms with Crippen LogP contribution in [0.15, 0.2) is 65.4 Å². The van der Waals surface area contributed by atoms with Crippen LogP contribution in [0.4, 0.5) is 0 Å². The number of benzene rings is 2. The van der Waals surface area contributed by atoms with Crippen molar-refractivity contribution in [1.29, 1.82) is 0 Å². The van der Waals surface area contributed by atoms with Crippen LogP contribution in [0.25, 0.3) is 11.8 Å². The maximum absolute atomic E-state index is 13.6. The number of amides is 1. The first kappa shape index (κ1) is 24.6. The normalized spacial score (nSPS) is 14.9. The van der Waals surface area contributed by atoms with E-state index in [2.05, 4.69) is 4.57 Å². The molecule has 0 fully saturated rings. The highest BCUT2D eigenvalue weighted by molar-refractivity contribution is 6.30. The predicted molar refractivity (Wildman–Crippen MR) is 139 cm³/mol. The van der Waals surface area contributed by atoms with Gasteiger partial charge in [-0.2, -0.15) is 0 Å². The SMILES string of the molecule is COC(=O)C1=C(C)N(Cc2ccc(C)cc2)C(=O)/C1=C\c1cc(C)n(-c2cc(Cl)ccc2C)c1C. The van der Waals surface area contributed by atoms with E-state index in [0.717, 1.165) is 39.3 Å². The second-order valence-corrected chi connectivity index (χ2v) is 9.42. The summed E-state index contributed by atoms with van der Waals surface area (Å²) in [6, 6.07) is 15.8. The van der Waals surface area contributed by atoms with Gasteiger partial charge in [-0.15, -0.1) is 0 Å². The molecule has 1 aliphatic rings. The van der Waals surface area contributed by atoms with Crippen LogP contribution in [0.1, 0.15) is 40.6 Å². The van der Waals surface area contributed by atoms with Crippen molar-refractivity contribution in [2.24, 2.45) is 0 Å². The molecule has 6 heteroatoms. The minimum atomic E-state index is -0.520. The number of allylic oxidation sites excluding steroid dienone is 1. The van der Waals surface area contributed by atoms with Crippen molar-refractivity contribution in [3.8, 4) is 5.69 Å². The predicted octanol–water partition coefficient (Wildman–Crippen LogP) is 6.24. The molecular formula is C29H29ClN2O3. The number of rotatable bonds is 5. The fourth-order valence-electron chi connectivity index (χ4n) is 4.58. The van der Waals surface area contributed by atoms with Crippen LogP contribution in [0.3, 0.4) is 0 Å². The number of methoxy groups -OCH3 is 1. The summed E-state index contributed by atoms with van der Waals surface area (Å²) in [6.07, 6.45) is 1.80. The Morgan fingerprint density at radius 1 is 1.00 bits per heavy atom. The molecule has 35 heavy (non-hydrogen) atoms. The van der Waals surface area contributed by atoms with Gasteiger partial charge in [-0.25, -0.2) is 4.79 Å². The van der Waals surface area contributed by atoms with E-state index in [4.69, 9.17) is 16.3 Å². The van der Waals surface area contributed by atoms with Crippen molar-refractivity contribution in [2.45, 2.75) is 41.2 Å². The number of aryl methyl sites for hydroxylation is 3. The summed E-state index contributed by atoms with van der Waals surface area (Å²) in [6.45, 7) is 10.2. The highest BCUT2D eigenvalue weighted by Gasteiger charge is 2.37. The molecule has 0 saturated carbocycles. The molecular weight excluding hydrogens is 460 g/mol. The Kier molecular flexibility index (Phi) is 6.73. The summed E-state index contributed by atoms with van der Waals surface area (Å²) in [7, 11) is 1.33. The minimum Gasteiger partial charge on any atom is -0.465 e. The van der Waals surface area contributed by atoms with Gasteiger partial charge in [0.15, 0.2) is 0 Å². The maximum atomic E-state index is 13.6. The lowest BCUT2D eigenvalue weighted by atomic mass is 10.0. The highest BCUT2D eigenvalue weighted by atomic mass is 35.5. The zero-order valence-corrected chi connectivity index (χ0v) is 21.7. The molecule has 0 atom stereocenters. The van der Waals surface area contributed by atoms with Crippen molar-refractivity contribution >= 4 is 29.6 Å². The summed E-state index contributed by atoms with van der Waals surface area (Å²) < 4.78 is 7.17. The van der Waals surface area contributed by atoms with Gasteiger partial charge in [-0.05, 0) is 75.6 Å². The smallest absolute Gasteiger partial charge is 0.340 e. The number of carbonyl (C=O) groups is 2. The third kappa shape index (κ3) is 4.56. The van der Waals surface area contributed by atoms with Crippen molar-refractivity contribution in [3.63, 3.8) is 0 Å². The van der Waals surface area contributed by atoms with Crippen LogP contribution in [0.2, 0.25) is 5.02 Å². The highest BCUT2D eigenvalue weighted by Crippen LogP contribution is 2.34. The molecule has 4 rings (SSSR count). The van der Waals surface area contributed by atoms with Gasteiger partial charge in [0.1, 0.15) is 0 Å². The summed E-state index contributed by atoms with van der Waals surface area (Å²) in [5.74, 6) is -0.736. The Labute approximate surface area is 211 Å². The lowest BCUT2D eigenvalue weighted by Gasteiger charge is -2.18. The fourth-order valence-corrected chi connectivity index (χ4v) is 4.74. The topological polar surface area (TPSA) is 51.5 Å². The van der Waals surface area contributed by atoms with Gasteiger partial charge in [-0.3, -0.25) is 4.79 Å². The zero-order valence-electron chi connectivity index (χ0n) is 20.9. The molecule has 0 N–H and O–H groups in total. The van der Waals surface area contributed by atoms with Gasteiger partial charge >= 0.3 is 5.97 Å².